The van der Waals surface area contributed by atoms with Gasteiger partial charge in [0.2, 0.25) is 5.89 Å². The Morgan fingerprint density at radius 2 is 2.25 bits per heavy atom. The molecule has 1 fully saturated rings. The smallest absolute Gasteiger partial charge is 0.237 e. The van der Waals surface area contributed by atoms with Gasteiger partial charge in [0, 0.05) is 5.92 Å². The molecule has 20 heavy (non-hydrogen) atoms. The van der Waals surface area contributed by atoms with Crippen molar-refractivity contribution >= 4 is 39.1 Å². The average molecular weight is 305 g/mol. The van der Waals surface area contributed by atoms with E-state index in [-0.39, 0.29) is 0 Å². The Hall–Kier alpha value is -1.67. The number of nitrogens with zero attached hydrogens (tertiary/aromatic N) is 4. The Morgan fingerprint density at radius 1 is 1.35 bits per heavy atom. The number of hydrogen-bond donors (Lipinski definition) is 1. The number of fused-ring (bicyclic) bond motifs is 1. The van der Waals surface area contributed by atoms with Crippen LogP contribution in [0.1, 0.15) is 30.5 Å². The molecule has 3 aromatic rings. The third-order valence-electron chi connectivity index (χ3n) is 3.09. The molecule has 2 N–H and O–H groups in total. The van der Waals surface area contributed by atoms with Crippen LogP contribution in [0.4, 0.5) is 5.82 Å². The van der Waals surface area contributed by atoms with Gasteiger partial charge in [0.1, 0.15) is 10.6 Å². The fraction of sp³-hybridized carbons (Fsp3) is 0.333. The summed E-state index contributed by atoms with van der Waals surface area (Å²) in [6.07, 6.45) is 2.33. The largest absolute Gasteiger partial charge is 0.383 e. The minimum absolute atomic E-state index is 0.506. The average Bonchev–Trinajstić information content (AvgIpc) is 3.00. The predicted molar refractivity (Wildman–Crippen MR) is 77.7 cm³/mol. The molecular weight excluding hydrogens is 294 g/mol. The summed E-state index contributed by atoms with van der Waals surface area (Å²) in [4.78, 5) is 14.0. The number of nitrogen functional groups attached to an aromatic ring is 1. The van der Waals surface area contributed by atoms with Crippen molar-refractivity contribution in [2.75, 3.05) is 5.73 Å². The predicted octanol–water partition coefficient (Wildman–Crippen LogP) is 2.83. The van der Waals surface area contributed by atoms with E-state index in [4.69, 9.17) is 10.3 Å². The molecular formula is C12H11N5OS2. The quantitative estimate of drug-likeness (QED) is 0.585. The fourth-order valence-corrected chi connectivity index (χ4v) is 3.40. The van der Waals surface area contributed by atoms with Gasteiger partial charge in [-0.25, -0.2) is 9.97 Å². The zero-order chi connectivity index (χ0) is 13.5. The summed E-state index contributed by atoms with van der Waals surface area (Å²) in [5.41, 5.74) is 5.91. The molecule has 0 amide bonds. The first-order chi connectivity index (χ1) is 9.79. The van der Waals surface area contributed by atoms with Gasteiger partial charge in [0.25, 0.3) is 0 Å². The molecule has 1 aliphatic rings. The highest BCUT2D eigenvalue weighted by Gasteiger charge is 2.28. The van der Waals surface area contributed by atoms with Gasteiger partial charge in [0.15, 0.2) is 11.0 Å². The molecule has 0 saturated heterocycles. The molecule has 0 bridgehead atoms. The molecule has 0 atom stereocenters. The van der Waals surface area contributed by atoms with Crippen LogP contribution in [0.5, 0.6) is 0 Å². The van der Waals surface area contributed by atoms with Gasteiger partial charge in [-0.1, -0.05) is 16.9 Å². The fourth-order valence-electron chi connectivity index (χ4n) is 1.88. The van der Waals surface area contributed by atoms with Gasteiger partial charge in [-0.3, -0.25) is 0 Å². The molecule has 1 saturated carbocycles. The van der Waals surface area contributed by atoms with E-state index >= 15 is 0 Å². The minimum atomic E-state index is 0.506. The zero-order valence-electron chi connectivity index (χ0n) is 10.4. The van der Waals surface area contributed by atoms with Crippen LogP contribution in [0.2, 0.25) is 0 Å². The van der Waals surface area contributed by atoms with Gasteiger partial charge < -0.3 is 10.3 Å². The summed E-state index contributed by atoms with van der Waals surface area (Å²) in [7, 11) is 0. The number of thiophene rings is 1. The van der Waals surface area contributed by atoms with Crippen molar-refractivity contribution in [1.29, 1.82) is 0 Å². The molecule has 0 aromatic carbocycles. The van der Waals surface area contributed by atoms with Gasteiger partial charge in [-0.2, -0.15) is 4.98 Å². The molecule has 102 valence electrons. The van der Waals surface area contributed by atoms with Crippen molar-refractivity contribution in [3.63, 3.8) is 0 Å². The molecule has 6 nitrogen and oxygen atoms in total. The van der Waals surface area contributed by atoms with E-state index in [9.17, 15) is 0 Å². The molecule has 0 unspecified atom stereocenters. The summed E-state index contributed by atoms with van der Waals surface area (Å²) in [5.74, 6) is 3.03. The molecule has 3 aromatic heterocycles. The van der Waals surface area contributed by atoms with Crippen LogP contribution >= 0.6 is 23.1 Å². The molecule has 1 aliphatic carbocycles. The third kappa shape index (κ3) is 2.25. The molecule has 0 radical (unpaired) electrons. The summed E-state index contributed by atoms with van der Waals surface area (Å²) < 4.78 is 5.22. The first kappa shape index (κ1) is 12.1. The maximum Gasteiger partial charge on any atom is 0.237 e. The van der Waals surface area contributed by atoms with Crippen LogP contribution in [-0.4, -0.2) is 20.1 Å². The SMILES string of the molecule is Nc1nc(SCc2nc(C3CC3)no2)nc2sccc12. The second kappa shape index (κ2) is 4.71. The Kier molecular flexibility index (Phi) is 2.85. The second-order valence-corrected chi connectivity index (χ2v) is 6.48. The Morgan fingerprint density at radius 3 is 3.10 bits per heavy atom. The number of rotatable bonds is 4. The highest BCUT2D eigenvalue weighted by Crippen LogP contribution is 2.38. The normalized spacial score (nSPS) is 15.0. The van der Waals surface area contributed by atoms with Crippen molar-refractivity contribution in [2.45, 2.75) is 29.7 Å². The summed E-state index contributed by atoms with van der Waals surface area (Å²) in [6.45, 7) is 0. The van der Waals surface area contributed by atoms with Crippen LogP contribution < -0.4 is 5.73 Å². The number of hydrogen-bond acceptors (Lipinski definition) is 8. The molecule has 4 rings (SSSR count). The lowest BCUT2D eigenvalue weighted by Gasteiger charge is -2.00. The summed E-state index contributed by atoms with van der Waals surface area (Å²) in [6, 6.07) is 1.93. The van der Waals surface area contributed by atoms with E-state index in [0.717, 1.165) is 16.0 Å². The standard InChI is InChI=1S/C12H11N5OS2/c13-9-7-3-4-19-11(7)16-12(15-9)20-5-8-14-10(17-18-8)6-1-2-6/h3-4,6H,1-2,5H2,(H2,13,15,16). The summed E-state index contributed by atoms with van der Waals surface area (Å²) in [5, 5.41) is 7.50. The summed E-state index contributed by atoms with van der Waals surface area (Å²) >= 11 is 3.02. The van der Waals surface area contributed by atoms with E-state index in [1.54, 1.807) is 11.3 Å². The van der Waals surface area contributed by atoms with Crippen molar-refractivity contribution < 1.29 is 4.52 Å². The molecule has 0 aliphatic heterocycles. The lowest BCUT2D eigenvalue weighted by molar-refractivity contribution is 0.385. The first-order valence-electron chi connectivity index (χ1n) is 6.25. The Balaban J connectivity index is 1.51. The van der Waals surface area contributed by atoms with Crippen LogP contribution in [0.15, 0.2) is 21.1 Å². The number of anilines is 1. The van der Waals surface area contributed by atoms with Gasteiger partial charge in [-0.05, 0) is 24.3 Å². The minimum Gasteiger partial charge on any atom is -0.383 e. The van der Waals surface area contributed by atoms with Gasteiger partial charge in [0.05, 0.1) is 11.1 Å². The van der Waals surface area contributed by atoms with E-state index < -0.39 is 0 Å². The number of aromatic nitrogens is 4. The topological polar surface area (TPSA) is 90.7 Å². The maximum absolute atomic E-state index is 5.91. The zero-order valence-corrected chi connectivity index (χ0v) is 12.1. The molecule has 8 heteroatoms. The van der Waals surface area contributed by atoms with Crippen LogP contribution in [-0.2, 0) is 5.75 Å². The van der Waals surface area contributed by atoms with Crippen molar-refractivity contribution in [1.82, 2.24) is 20.1 Å². The van der Waals surface area contributed by atoms with E-state index in [1.165, 1.54) is 24.6 Å². The first-order valence-corrected chi connectivity index (χ1v) is 8.12. The molecule has 0 spiro atoms. The second-order valence-electron chi connectivity index (χ2n) is 4.64. The van der Waals surface area contributed by atoms with Crippen LogP contribution in [0.3, 0.4) is 0 Å². The van der Waals surface area contributed by atoms with Gasteiger partial charge >= 0.3 is 0 Å². The third-order valence-corrected chi connectivity index (χ3v) is 4.72. The lowest BCUT2D eigenvalue weighted by Crippen LogP contribution is -1.95. The maximum atomic E-state index is 5.91. The highest BCUT2D eigenvalue weighted by atomic mass is 32.2. The van der Waals surface area contributed by atoms with Crippen LogP contribution in [0, 0.1) is 0 Å². The van der Waals surface area contributed by atoms with Crippen molar-refractivity contribution in [2.24, 2.45) is 0 Å². The van der Waals surface area contributed by atoms with E-state index in [2.05, 4.69) is 20.1 Å². The Labute approximate surface area is 122 Å². The van der Waals surface area contributed by atoms with E-state index in [0.29, 0.717) is 28.5 Å². The van der Waals surface area contributed by atoms with E-state index in [1.807, 2.05) is 11.4 Å². The van der Waals surface area contributed by atoms with Crippen LogP contribution in [0.25, 0.3) is 10.2 Å². The Bertz CT molecular complexity index is 764. The molecule has 3 heterocycles. The number of thioether (sulfide) groups is 1. The lowest BCUT2D eigenvalue weighted by atomic mass is 10.4. The number of nitrogens with two attached hydrogens (primary N) is 1. The van der Waals surface area contributed by atoms with Crippen molar-refractivity contribution in [3.8, 4) is 0 Å². The van der Waals surface area contributed by atoms with Crippen molar-refractivity contribution in [3.05, 3.63) is 23.2 Å². The monoisotopic (exact) mass is 305 g/mol. The highest BCUT2D eigenvalue weighted by molar-refractivity contribution is 7.98. The van der Waals surface area contributed by atoms with Gasteiger partial charge in [-0.15, -0.1) is 11.3 Å².